The molecule has 1 heterocycles. The van der Waals surface area contributed by atoms with E-state index in [2.05, 4.69) is 0 Å². The van der Waals surface area contributed by atoms with E-state index in [1.165, 1.54) is 18.8 Å². The van der Waals surface area contributed by atoms with Crippen molar-refractivity contribution in [3.63, 3.8) is 0 Å². The van der Waals surface area contributed by atoms with Gasteiger partial charge in [-0.2, -0.15) is 0 Å². The number of aromatic hydroxyl groups is 1. The average molecular weight is 275 g/mol. The molecule has 0 atom stereocenters. The molecular formula is C15H17NO4. The van der Waals surface area contributed by atoms with Crippen LogP contribution in [0.1, 0.15) is 11.1 Å². The Hall–Kier alpha value is -2.43. The second-order valence-electron chi connectivity index (χ2n) is 4.49. The first-order chi connectivity index (χ1) is 9.49. The molecule has 0 bridgehead atoms. The van der Waals surface area contributed by atoms with E-state index in [0.29, 0.717) is 22.7 Å². The molecule has 5 heteroatoms. The van der Waals surface area contributed by atoms with Crippen LogP contribution >= 0.6 is 0 Å². The standard InChI is InChI=1S/C15H17NO4/c1-9-7-14(17)16(15(18)10(9)2)12-8-11(19-3)5-6-13(12)20-4/h5-8,17H,1-4H3. The second-order valence-corrected chi connectivity index (χ2v) is 4.49. The monoisotopic (exact) mass is 275 g/mol. The number of ether oxygens (including phenoxy) is 2. The molecule has 0 aliphatic carbocycles. The Bertz CT molecular complexity index is 704. The normalized spacial score (nSPS) is 10.4. The first kappa shape index (κ1) is 14.0. The topological polar surface area (TPSA) is 60.7 Å². The molecule has 5 nitrogen and oxygen atoms in total. The highest BCUT2D eigenvalue weighted by Crippen LogP contribution is 2.29. The van der Waals surface area contributed by atoms with Gasteiger partial charge in [-0.15, -0.1) is 0 Å². The predicted molar refractivity (Wildman–Crippen MR) is 76.3 cm³/mol. The molecule has 106 valence electrons. The van der Waals surface area contributed by atoms with E-state index in [-0.39, 0.29) is 11.4 Å². The van der Waals surface area contributed by atoms with Gasteiger partial charge in [-0.3, -0.25) is 4.79 Å². The maximum atomic E-state index is 12.4. The maximum absolute atomic E-state index is 12.4. The van der Waals surface area contributed by atoms with Crippen molar-refractivity contribution in [1.82, 2.24) is 4.57 Å². The number of benzene rings is 1. The summed E-state index contributed by atoms with van der Waals surface area (Å²) in [5, 5.41) is 10.1. The molecular weight excluding hydrogens is 258 g/mol. The number of methoxy groups -OCH3 is 2. The Balaban J connectivity index is 2.80. The van der Waals surface area contributed by atoms with E-state index in [1.54, 1.807) is 38.1 Å². The van der Waals surface area contributed by atoms with Gasteiger partial charge in [0.25, 0.3) is 5.56 Å². The van der Waals surface area contributed by atoms with Gasteiger partial charge in [0.05, 0.1) is 19.9 Å². The molecule has 20 heavy (non-hydrogen) atoms. The van der Waals surface area contributed by atoms with Crippen LogP contribution in [0, 0.1) is 13.8 Å². The summed E-state index contributed by atoms with van der Waals surface area (Å²) in [6.45, 7) is 3.50. The highest BCUT2D eigenvalue weighted by molar-refractivity contribution is 5.53. The Kier molecular flexibility index (Phi) is 3.70. The highest BCUT2D eigenvalue weighted by Gasteiger charge is 2.15. The van der Waals surface area contributed by atoms with E-state index < -0.39 is 0 Å². The quantitative estimate of drug-likeness (QED) is 0.932. The fraction of sp³-hybridized carbons (Fsp3) is 0.267. The lowest BCUT2D eigenvalue weighted by Gasteiger charge is -2.15. The second kappa shape index (κ2) is 5.28. The van der Waals surface area contributed by atoms with Crippen LogP contribution in [0.15, 0.2) is 29.1 Å². The van der Waals surface area contributed by atoms with Gasteiger partial charge in [0.15, 0.2) is 5.88 Å². The van der Waals surface area contributed by atoms with Crippen LogP contribution < -0.4 is 15.0 Å². The van der Waals surface area contributed by atoms with Crippen molar-refractivity contribution in [3.05, 3.63) is 45.7 Å². The molecule has 0 aliphatic rings. The lowest BCUT2D eigenvalue weighted by molar-refractivity contribution is 0.395. The molecule has 2 rings (SSSR count). The van der Waals surface area contributed by atoms with Crippen molar-refractivity contribution < 1.29 is 14.6 Å². The molecule has 1 aromatic carbocycles. The fourth-order valence-electron chi connectivity index (χ4n) is 2.01. The molecule has 2 aromatic rings. The van der Waals surface area contributed by atoms with E-state index in [0.717, 1.165) is 5.56 Å². The lowest BCUT2D eigenvalue weighted by atomic mass is 10.1. The Labute approximate surface area is 117 Å². The summed E-state index contributed by atoms with van der Waals surface area (Å²) in [5.74, 6) is 0.918. The summed E-state index contributed by atoms with van der Waals surface area (Å²) in [5.41, 5.74) is 1.48. The van der Waals surface area contributed by atoms with Crippen LogP contribution in [0.25, 0.3) is 5.69 Å². The highest BCUT2D eigenvalue weighted by atomic mass is 16.5. The van der Waals surface area contributed by atoms with Crippen LogP contribution in [0.4, 0.5) is 0 Å². The largest absolute Gasteiger partial charge is 0.497 e. The third-order valence-corrected chi connectivity index (χ3v) is 3.32. The van der Waals surface area contributed by atoms with Gasteiger partial charge in [-0.1, -0.05) is 0 Å². The molecule has 0 saturated carbocycles. The molecule has 0 amide bonds. The van der Waals surface area contributed by atoms with E-state index in [1.807, 2.05) is 0 Å². The zero-order chi connectivity index (χ0) is 14.9. The Morgan fingerprint density at radius 2 is 1.80 bits per heavy atom. The van der Waals surface area contributed by atoms with Gasteiger partial charge in [-0.25, -0.2) is 4.57 Å². The zero-order valence-electron chi connectivity index (χ0n) is 11.9. The maximum Gasteiger partial charge on any atom is 0.261 e. The van der Waals surface area contributed by atoms with Crippen molar-refractivity contribution >= 4 is 0 Å². The minimum atomic E-state index is -0.283. The smallest absolute Gasteiger partial charge is 0.261 e. The summed E-state index contributed by atoms with van der Waals surface area (Å²) in [7, 11) is 3.04. The Morgan fingerprint density at radius 3 is 2.40 bits per heavy atom. The number of rotatable bonds is 3. The average Bonchev–Trinajstić information content (AvgIpc) is 2.44. The third kappa shape index (κ3) is 2.22. The van der Waals surface area contributed by atoms with Crippen molar-refractivity contribution in [1.29, 1.82) is 0 Å². The molecule has 1 N–H and O–H groups in total. The molecule has 1 aromatic heterocycles. The summed E-state index contributed by atoms with van der Waals surface area (Å²) >= 11 is 0. The number of aromatic nitrogens is 1. The van der Waals surface area contributed by atoms with Crippen LogP contribution in [-0.2, 0) is 0 Å². The van der Waals surface area contributed by atoms with Gasteiger partial charge in [0.1, 0.15) is 11.5 Å². The molecule has 0 aliphatic heterocycles. The van der Waals surface area contributed by atoms with E-state index in [9.17, 15) is 9.90 Å². The summed E-state index contributed by atoms with van der Waals surface area (Å²) < 4.78 is 11.6. The molecule has 0 spiro atoms. The Morgan fingerprint density at radius 1 is 1.10 bits per heavy atom. The first-order valence-electron chi connectivity index (χ1n) is 6.14. The van der Waals surface area contributed by atoms with Crippen molar-refractivity contribution in [3.8, 4) is 23.1 Å². The summed E-state index contributed by atoms with van der Waals surface area (Å²) in [6.07, 6.45) is 0. The minimum absolute atomic E-state index is 0.135. The molecule has 0 unspecified atom stereocenters. The molecule has 0 fully saturated rings. The lowest BCUT2D eigenvalue weighted by Crippen LogP contribution is -2.22. The van der Waals surface area contributed by atoms with Gasteiger partial charge < -0.3 is 14.6 Å². The van der Waals surface area contributed by atoms with Crippen LogP contribution in [0.5, 0.6) is 17.4 Å². The predicted octanol–water partition coefficient (Wildman–Crippen LogP) is 2.18. The number of pyridine rings is 1. The number of nitrogens with zero attached hydrogens (tertiary/aromatic N) is 1. The van der Waals surface area contributed by atoms with Crippen LogP contribution in [-0.4, -0.2) is 23.9 Å². The number of aryl methyl sites for hydroxylation is 1. The van der Waals surface area contributed by atoms with Crippen molar-refractivity contribution in [2.75, 3.05) is 14.2 Å². The van der Waals surface area contributed by atoms with E-state index in [4.69, 9.17) is 9.47 Å². The summed E-state index contributed by atoms with van der Waals surface area (Å²) in [6, 6.07) is 6.62. The van der Waals surface area contributed by atoms with Crippen molar-refractivity contribution in [2.45, 2.75) is 13.8 Å². The third-order valence-electron chi connectivity index (χ3n) is 3.32. The van der Waals surface area contributed by atoms with E-state index >= 15 is 0 Å². The van der Waals surface area contributed by atoms with Gasteiger partial charge >= 0.3 is 0 Å². The first-order valence-corrected chi connectivity index (χ1v) is 6.14. The minimum Gasteiger partial charge on any atom is -0.497 e. The van der Waals surface area contributed by atoms with Gasteiger partial charge in [-0.05, 0) is 31.5 Å². The summed E-state index contributed by atoms with van der Waals surface area (Å²) in [4.78, 5) is 12.4. The number of hydrogen-bond acceptors (Lipinski definition) is 4. The van der Waals surface area contributed by atoms with Crippen molar-refractivity contribution in [2.24, 2.45) is 0 Å². The fourth-order valence-corrected chi connectivity index (χ4v) is 2.01. The number of hydrogen-bond donors (Lipinski definition) is 1. The van der Waals surface area contributed by atoms with Crippen LogP contribution in [0.2, 0.25) is 0 Å². The van der Waals surface area contributed by atoms with Crippen LogP contribution in [0.3, 0.4) is 0 Å². The zero-order valence-corrected chi connectivity index (χ0v) is 11.9. The molecule has 0 radical (unpaired) electrons. The molecule has 0 saturated heterocycles. The van der Waals surface area contributed by atoms with Gasteiger partial charge in [0.2, 0.25) is 0 Å². The van der Waals surface area contributed by atoms with Gasteiger partial charge in [0, 0.05) is 17.7 Å². The SMILES string of the molecule is COc1ccc(OC)c(-n2c(O)cc(C)c(C)c2=O)c1.